The molecule has 0 aliphatic heterocycles. The van der Waals surface area contributed by atoms with Crippen molar-refractivity contribution in [2.75, 3.05) is 6.67 Å². The molecule has 0 atom stereocenters. The molecule has 0 radical (unpaired) electrons. The first-order chi connectivity index (χ1) is 13.6. The lowest BCUT2D eigenvalue weighted by atomic mass is 10.2. The first kappa shape index (κ1) is 19.0. The summed E-state index contributed by atoms with van der Waals surface area (Å²) in [6.45, 7) is 0.523. The third-order valence-electron chi connectivity index (χ3n) is 4.37. The van der Waals surface area contributed by atoms with Gasteiger partial charge < -0.3 is 9.13 Å². The van der Waals surface area contributed by atoms with E-state index in [0.29, 0.717) is 36.4 Å². The fourth-order valence-electron chi connectivity index (χ4n) is 3.10. The normalized spacial score (nSPS) is 11.4. The van der Waals surface area contributed by atoms with Crippen LogP contribution in [0.4, 0.5) is 8.78 Å². The lowest BCUT2D eigenvalue weighted by Crippen LogP contribution is -2.03. The Morgan fingerprint density at radius 2 is 1.96 bits per heavy atom. The zero-order valence-electron chi connectivity index (χ0n) is 14.6. The SMILES string of the molecule is FCCCn1c(-c2cncc(Cn3cncc3Br)c2)nc2cc(F)c(Cl)cc21. The number of benzene rings is 1. The molecule has 0 amide bonds. The van der Waals surface area contributed by atoms with Crippen molar-refractivity contribution in [1.29, 1.82) is 0 Å². The lowest BCUT2D eigenvalue weighted by Gasteiger charge is -2.10. The summed E-state index contributed by atoms with van der Waals surface area (Å²) < 4.78 is 31.4. The topological polar surface area (TPSA) is 48.5 Å². The minimum Gasteiger partial charge on any atom is -0.324 e. The third kappa shape index (κ3) is 3.66. The highest BCUT2D eigenvalue weighted by molar-refractivity contribution is 9.10. The molecule has 0 saturated carbocycles. The van der Waals surface area contributed by atoms with Gasteiger partial charge in [0, 0.05) is 30.6 Å². The molecule has 0 spiro atoms. The van der Waals surface area contributed by atoms with Crippen molar-refractivity contribution in [3.63, 3.8) is 0 Å². The molecular weight excluding hydrogens is 452 g/mol. The monoisotopic (exact) mass is 465 g/mol. The molecule has 5 nitrogen and oxygen atoms in total. The Bertz CT molecular complexity index is 1140. The third-order valence-corrected chi connectivity index (χ3v) is 5.32. The van der Waals surface area contributed by atoms with E-state index in [0.717, 1.165) is 15.7 Å². The minimum atomic E-state index is -0.535. The molecule has 0 bridgehead atoms. The number of hydrogen-bond acceptors (Lipinski definition) is 3. The van der Waals surface area contributed by atoms with E-state index in [1.165, 1.54) is 12.1 Å². The Labute approximate surface area is 173 Å². The van der Waals surface area contributed by atoms with Gasteiger partial charge in [0.25, 0.3) is 0 Å². The molecule has 144 valence electrons. The van der Waals surface area contributed by atoms with Crippen LogP contribution in [-0.4, -0.2) is 30.8 Å². The van der Waals surface area contributed by atoms with E-state index in [1.807, 2.05) is 15.2 Å². The number of aryl methyl sites for hydroxylation is 1. The van der Waals surface area contributed by atoms with Gasteiger partial charge in [-0.05, 0) is 40.0 Å². The molecule has 0 aliphatic rings. The Hall–Kier alpha value is -2.32. The summed E-state index contributed by atoms with van der Waals surface area (Å²) >= 11 is 9.40. The second-order valence-corrected chi connectivity index (χ2v) is 7.53. The van der Waals surface area contributed by atoms with Gasteiger partial charge in [-0.3, -0.25) is 9.37 Å². The van der Waals surface area contributed by atoms with Gasteiger partial charge >= 0.3 is 0 Å². The maximum Gasteiger partial charge on any atom is 0.144 e. The van der Waals surface area contributed by atoms with Gasteiger partial charge in [0.05, 0.1) is 41.8 Å². The second-order valence-electron chi connectivity index (χ2n) is 6.31. The lowest BCUT2D eigenvalue weighted by molar-refractivity contribution is 0.450. The number of rotatable bonds is 6. The second kappa shape index (κ2) is 7.97. The van der Waals surface area contributed by atoms with Crippen molar-refractivity contribution in [2.24, 2.45) is 0 Å². The highest BCUT2D eigenvalue weighted by Gasteiger charge is 2.16. The fourth-order valence-corrected chi connectivity index (χ4v) is 3.59. The standard InChI is InChI=1S/C19H15BrClF2N5/c20-18-9-25-11-27(18)10-12-4-13(8-24-7-12)19-26-16-6-15(23)14(21)5-17(16)28(19)3-1-2-22/h4-9,11H,1-3,10H2. The molecule has 4 rings (SSSR count). The summed E-state index contributed by atoms with van der Waals surface area (Å²) in [4.78, 5) is 13.0. The zero-order chi connectivity index (χ0) is 19.7. The van der Waals surface area contributed by atoms with E-state index in [9.17, 15) is 8.78 Å². The maximum atomic E-state index is 13.9. The Balaban J connectivity index is 1.79. The van der Waals surface area contributed by atoms with Crippen molar-refractivity contribution in [3.05, 3.63) is 64.1 Å². The maximum absolute atomic E-state index is 13.9. The average molecular weight is 467 g/mol. The summed E-state index contributed by atoms with van der Waals surface area (Å²) in [5.74, 6) is 0.0665. The van der Waals surface area contributed by atoms with Crippen LogP contribution in [0.1, 0.15) is 12.0 Å². The number of aromatic nitrogens is 5. The van der Waals surface area contributed by atoms with Crippen LogP contribution in [0.25, 0.3) is 22.4 Å². The van der Waals surface area contributed by atoms with E-state index in [1.54, 1.807) is 24.9 Å². The summed E-state index contributed by atoms with van der Waals surface area (Å²) in [5, 5.41) is 0.0114. The molecule has 9 heteroatoms. The number of halogens is 4. The number of nitrogens with zero attached hydrogens (tertiary/aromatic N) is 5. The van der Waals surface area contributed by atoms with Crippen LogP contribution in [0, 0.1) is 5.82 Å². The Morgan fingerprint density at radius 1 is 1.11 bits per heavy atom. The van der Waals surface area contributed by atoms with Crippen molar-refractivity contribution in [1.82, 2.24) is 24.1 Å². The molecule has 3 aromatic heterocycles. The van der Waals surface area contributed by atoms with E-state index < -0.39 is 12.5 Å². The number of imidazole rings is 2. The van der Waals surface area contributed by atoms with Crippen molar-refractivity contribution in [3.8, 4) is 11.4 Å². The molecule has 0 aliphatic carbocycles. The van der Waals surface area contributed by atoms with E-state index in [-0.39, 0.29) is 5.02 Å². The smallest absolute Gasteiger partial charge is 0.144 e. The number of hydrogen-bond donors (Lipinski definition) is 0. The van der Waals surface area contributed by atoms with Gasteiger partial charge in [0.2, 0.25) is 0 Å². The van der Waals surface area contributed by atoms with Crippen LogP contribution in [0.5, 0.6) is 0 Å². The molecule has 28 heavy (non-hydrogen) atoms. The average Bonchev–Trinajstić information content (AvgIpc) is 3.24. The molecule has 0 N–H and O–H groups in total. The van der Waals surface area contributed by atoms with E-state index in [2.05, 4.69) is 30.9 Å². The van der Waals surface area contributed by atoms with Gasteiger partial charge in [-0.15, -0.1) is 0 Å². The van der Waals surface area contributed by atoms with Crippen molar-refractivity contribution in [2.45, 2.75) is 19.5 Å². The Morgan fingerprint density at radius 3 is 2.71 bits per heavy atom. The molecule has 3 heterocycles. The predicted molar refractivity (Wildman–Crippen MR) is 108 cm³/mol. The molecule has 4 aromatic rings. The van der Waals surface area contributed by atoms with Gasteiger partial charge in [0.15, 0.2) is 0 Å². The first-order valence-electron chi connectivity index (χ1n) is 8.58. The van der Waals surface area contributed by atoms with Crippen molar-refractivity contribution < 1.29 is 8.78 Å². The van der Waals surface area contributed by atoms with Crippen LogP contribution in [0.15, 0.2) is 47.7 Å². The Kier molecular flexibility index (Phi) is 5.41. The molecule has 1 aromatic carbocycles. The minimum absolute atomic E-state index is 0.0114. The van der Waals surface area contributed by atoms with Gasteiger partial charge in [-0.25, -0.2) is 14.4 Å². The molecular formula is C19H15BrClF2N5. The summed E-state index contributed by atoms with van der Waals surface area (Å²) in [6.07, 6.45) is 7.21. The van der Waals surface area contributed by atoms with Gasteiger partial charge in [-0.1, -0.05) is 11.6 Å². The number of fused-ring (bicyclic) bond motifs is 1. The van der Waals surface area contributed by atoms with E-state index in [4.69, 9.17) is 11.6 Å². The predicted octanol–water partition coefficient (Wildman–Crippen LogP) is 5.26. The highest BCUT2D eigenvalue weighted by atomic mass is 79.9. The molecule has 0 unspecified atom stereocenters. The number of alkyl halides is 1. The summed E-state index contributed by atoms with van der Waals surface area (Å²) in [7, 11) is 0. The van der Waals surface area contributed by atoms with Crippen LogP contribution in [0.3, 0.4) is 0 Å². The zero-order valence-corrected chi connectivity index (χ0v) is 17.0. The fraction of sp³-hybridized carbons (Fsp3) is 0.211. The molecule has 0 fully saturated rings. The quantitative estimate of drug-likeness (QED) is 0.389. The summed E-state index contributed by atoms with van der Waals surface area (Å²) in [5.41, 5.74) is 2.85. The van der Waals surface area contributed by atoms with Gasteiger partial charge in [-0.2, -0.15) is 0 Å². The molecule has 0 saturated heterocycles. The van der Waals surface area contributed by atoms with Crippen molar-refractivity contribution >= 4 is 38.6 Å². The van der Waals surface area contributed by atoms with Crippen LogP contribution >= 0.6 is 27.5 Å². The van der Waals surface area contributed by atoms with E-state index >= 15 is 0 Å². The van der Waals surface area contributed by atoms with Crippen LogP contribution < -0.4 is 0 Å². The summed E-state index contributed by atoms with van der Waals surface area (Å²) in [6, 6.07) is 4.79. The largest absolute Gasteiger partial charge is 0.324 e. The van der Waals surface area contributed by atoms with Gasteiger partial charge in [0.1, 0.15) is 16.2 Å². The highest BCUT2D eigenvalue weighted by Crippen LogP contribution is 2.29. The number of pyridine rings is 1. The van der Waals surface area contributed by atoms with Crippen LogP contribution in [-0.2, 0) is 13.1 Å². The van der Waals surface area contributed by atoms with Crippen LogP contribution in [0.2, 0.25) is 5.02 Å². The first-order valence-corrected chi connectivity index (χ1v) is 9.75.